The lowest BCUT2D eigenvalue weighted by atomic mass is 10.3. The number of aryl methyl sites for hydroxylation is 1. The summed E-state index contributed by atoms with van der Waals surface area (Å²) in [6.07, 6.45) is 0.928. The molecule has 8 heteroatoms. The number of carbonyl (C=O) groups is 1. The molecule has 0 atom stereocenters. The Balaban J connectivity index is 1.98. The number of H-pyrrole nitrogens is 1. The molecule has 1 aliphatic rings. The van der Waals surface area contributed by atoms with Gasteiger partial charge in [0.05, 0.1) is 6.20 Å². The molecule has 1 saturated heterocycles. The number of hydrogen-bond donors (Lipinski definition) is 2. The van der Waals surface area contributed by atoms with E-state index in [-0.39, 0.29) is 18.9 Å². The number of nitrogens with one attached hydrogen (secondary N) is 2. The molecule has 0 spiro atoms. The van der Waals surface area contributed by atoms with Crippen molar-refractivity contribution in [3.05, 3.63) is 32.9 Å². The van der Waals surface area contributed by atoms with Crippen molar-refractivity contribution < 1.29 is 9.18 Å². The molecule has 19 heavy (non-hydrogen) atoms. The van der Waals surface area contributed by atoms with Crippen LogP contribution in [-0.2, 0) is 11.3 Å². The van der Waals surface area contributed by atoms with Gasteiger partial charge in [0.2, 0.25) is 11.7 Å². The van der Waals surface area contributed by atoms with Crippen LogP contribution in [0.4, 0.5) is 4.39 Å². The highest BCUT2D eigenvalue weighted by molar-refractivity contribution is 5.76. The van der Waals surface area contributed by atoms with Crippen LogP contribution in [0.3, 0.4) is 0 Å². The van der Waals surface area contributed by atoms with Gasteiger partial charge in [0.15, 0.2) is 0 Å². The fourth-order valence-corrected chi connectivity index (χ4v) is 1.94. The zero-order valence-electron chi connectivity index (χ0n) is 10.3. The Kier molecular flexibility index (Phi) is 4.10. The zero-order chi connectivity index (χ0) is 13.8. The molecule has 0 saturated carbocycles. The summed E-state index contributed by atoms with van der Waals surface area (Å²) in [6, 6.07) is 0. The highest BCUT2D eigenvalue weighted by Crippen LogP contribution is 1.98. The number of piperazine rings is 1. The van der Waals surface area contributed by atoms with Crippen LogP contribution < -0.4 is 16.6 Å². The van der Waals surface area contributed by atoms with Crippen LogP contribution >= 0.6 is 0 Å². The zero-order valence-corrected chi connectivity index (χ0v) is 10.3. The highest BCUT2D eigenvalue weighted by Gasteiger charge is 2.16. The molecule has 7 nitrogen and oxygen atoms in total. The van der Waals surface area contributed by atoms with Crippen LogP contribution in [0, 0.1) is 5.82 Å². The Morgan fingerprint density at radius 3 is 2.68 bits per heavy atom. The number of amides is 1. The van der Waals surface area contributed by atoms with Crippen LogP contribution in [0.5, 0.6) is 0 Å². The Morgan fingerprint density at radius 1 is 1.32 bits per heavy atom. The minimum absolute atomic E-state index is 0.0509. The maximum absolute atomic E-state index is 13.0. The summed E-state index contributed by atoms with van der Waals surface area (Å²) >= 11 is 0. The average Bonchev–Trinajstić information content (AvgIpc) is 2.42. The van der Waals surface area contributed by atoms with E-state index in [0.29, 0.717) is 13.1 Å². The maximum Gasteiger partial charge on any atom is 0.328 e. The van der Waals surface area contributed by atoms with Gasteiger partial charge in [-0.2, -0.15) is 4.39 Å². The molecule has 1 amide bonds. The minimum atomic E-state index is -1.05. The average molecular weight is 270 g/mol. The van der Waals surface area contributed by atoms with Crippen molar-refractivity contribution in [2.45, 2.75) is 13.0 Å². The second kappa shape index (κ2) is 5.79. The second-order valence-electron chi connectivity index (χ2n) is 4.31. The van der Waals surface area contributed by atoms with Crippen molar-refractivity contribution >= 4 is 5.91 Å². The van der Waals surface area contributed by atoms with E-state index in [0.717, 1.165) is 23.9 Å². The Labute approximate surface area is 108 Å². The van der Waals surface area contributed by atoms with Gasteiger partial charge in [0.25, 0.3) is 5.56 Å². The third-order valence-corrected chi connectivity index (χ3v) is 3.00. The topological polar surface area (TPSA) is 87.2 Å². The van der Waals surface area contributed by atoms with Crippen molar-refractivity contribution in [1.82, 2.24) is 19.8 Å². The molecule has 0 unspecified atom stereocenters. The van der Waals surface area contributed by atoms with Gasteiger partial charge in [-0.05, 0) is 0 Å². The van der Waals surface area contributed by atoms with Gasteiger partial charge in [-0.15, -0.1) is 0 Å². The lowest BCUT2D eigenvalue weighted by molar-refractivity contribution is -0.132. The van der Waals surface area contributed by atoms with Gasteiger partial charge in [-0.25, -0.2) is 4.79 Å². The number of halogens is 1. The standard InChI is InChI=1S/C11H15FN4O3/c12-8-7-16(11(19)14-10(8)18)4-1-9(17)15-5-2-13-3-6-15/h7,13H,1-6H2,(H,14,18,19). The summed E-state index contributed by atoms with van der Waals surface area (Å²) in [5, 5.41) is 3.13. The van der Waals surface area contributed by atoms with E-state index in [1.807, 2.05) is 4.98 Å². The van der Waals surface area contributed by atoms with Gasteiger partial charge in [-0.3, -0.25) is 19.1 Å². The number of nitrogens with zero attached hydrogens (tertiary/aromatic N) is 2. The lowest BCUT2D eigenvalue weighted by Gasteiger charge is -2.27. The predicted molar refractivity (Wildman–Crippen MR) is 65.3 cm³/mol. The summed E-state index contributed by atoms with van der Waals surface area (Å²) in [5.41, 5.74) is -1.76. The molecule has 0 radical (unpaired) electrons. The van der Waals surface area contributed by atoms with Gasteiger partial charge < -0.3 is 10.2 Å². The van der Waals surface area contributed by atoms with Gasteiger partial charge in [0, 0.05) is 39.1 Å². The van der Waals surface area contributed by atoms with Crippen molar-refractivity contribution in [2.24, 2.45) is 0 Å². The van der Waals surface area contributed by atoms with Gasteiger partial charge in [-0.1, -0.05) is 0 Å². The van der Waals surface area contributed by atoms with E-state index < -0.39 is 17.1 Å². The summed E-state index contributed by atoms with van der Waals surface area (Å²) in [5.74, 6) is -1.12. The monoisotopic (exact) mass is 270 g/mol. The molecule has 2 rings (SSSR count). The van der Waals surface area contributed by atoms with Crippen molar-refractivity contribution in [3.8, 4) is 0 Å². The van der Waals surface area contributed by atoms with Crippen molar-refractivity contribution in [2.75, 3.05) is 26.2 Å². The molecule has 1 aliphatic heterocycles. The third-order valence-electron chi connectivity index (χ3n) is 3.00. The van der Waals surface area contributed by atoms with Gasteiger partial charge >= 0.3 is 5.69 Å². The number of aromatic amines is 1. The summed E-state index contributed by atoms with van der Waals surface area (Å²) < 4.78 is 14.0. The first-order valence-corrected chi connectivity index (χ1v) is 6.05. The molecule has 1 aromatic rings. The molecule has 2 heterocycles. The summed E-state index contributed by atoms with van der Waals surface area (Å²) in [7, 11) is 0. The molecule has 1 fully saturated rings. The van der Waals surface area contributed by atoms with Gasteiger partial charge in [0.1, 0.15) is 0 Å². The third kappa shape index (κ3) is 3.28. The Morgan fingerprint density at radius 2 is 2.00 bits per heavy atom. The maximum atomic E-state index is 13.0. The molecule has 2 N–H and O–H groups in total. The summed E-state index contributed by atoms with van der Waals surface area (Å²) in [4.78, 5) is 37.6. The molecule has 0 bridgehead atoms. The second-order valence-corrected chi connectivity index (χ2v) is 4.31. The van der Waals surface area contributed by atoms with Crippen LogP contribution in [0.25, 0.3) is 0 Å². The van der Waals surface area contributed by atoms with Crippen LogP contribution in [0.2, 0.25) is 0 Å². The fourth-order valence-electron chi connectivity index (χ4n) is 1.94. The molecular formula is C11H15FN4O3. The minimum Gasteiger partial charge on any atom is -0.340 e. The van der Waals surface area contributed by atoms with E-state index in [1.54, 1.807) is 4.90 Å². The molecule has 0 aromatic carbocycles. The largest absolute Gasteiger partial charge is 0.340 e. The fraction of sp³-hybridized carbons (Fsp3) is 0.545. The smallest absolute Gasteiger partial charge is 0.328 e. The van der Waals surface area contributed by atoms with Crippen LogP contribution in [0.15, 0.2) is 15.8 Å². The molecule has 0 aliphatic carbocycles. The number of hydrogen-bond acceptors (Lipinski definition) is 4. The summed E-state index contributed by atoms with van der Waals surface area (Å²) in [6.45, 7) is 2.81. The molecule has 104 valence electrons. The van der Waals surface area contributed by atoms with Crippen LogP contribution in [-0.4, -0.2) is 46.5 Å². The van der Waals surface area contributed by atoms with E-state index in [2.05, 4.69) is 5.32 Å². The van der Waals surface area contributed by atoms with E-state index in [1.165, 1.54) is 0 Å². The first kappa shape index (κ1) is 13.5. The number of carbonyl (C=O) groups excluding carboxylic acids is 1. The Hall–Kier alpha value is -1.96. The SMILES string of the molecule is O=C(CCn1cc(F)c(=O)[nH]c1=O)N1CCNCC1. The quantitative estimate of drug-likeness (QED) is 0.699. The van der Waals surface area contributed by atoms with E-state index in [9.17, 15) is 18.8 Å². The molecule has 1 aromatic heterocycles. The van der Waals surface area contributed by atoms with E-state index in [4.69, 9.17) is 0 Å². The highest BCUT2D eigenvalue weighted by atomic mass is 19.1. The van der Waals surface area contributed by atoms with Crippen molar-refractivity contribution in [3.63, 3.8) is 0 Å². The Bertz CT molecular complexity index is 574. The van der Waals surface area contributed by atoms with E-state index >= 15 is 0 Å². The van der Waals surface area contributed by atoms with Crippen molar-refractivity contribution in [1.29, 1.82) is 0 Å². The molecular weight excluding hydrogens is 255 g/mol. The first-order chi connectivity index (χ1) is 9.08. The lowest BCUT2D eigenvalue weighted by Crippen LogP contribution is -2.46. The number of aromatic nitrogens is 2. The first-order valence-electron chi connectivity index (χ1n) is 6.05. The normalized spacial score (nSPS) is 15.5. The number of rotatable bonds is 3. The van der Waals surface area contributed by atoms with Crippen LogP contribution in [0.1, 0.15) is 6.42 Å². The predicted octanol–water partition coefficient (Wildman–Crippen LogP) is -1.50.